The van der Waals surface area contributed by atoms with Gasteiger partial charge in [0, 0.05) is 11.7 Å². The van der Waals surface area contributed by atoms with E-state index >= 15 is 0 Å². The molecule has 0 bridgehead atoms. The normalized spacial score (nSPS) is 15.6. The number of rotatable bonds is 7. The monoisotopic (exact) mass is 446 g/mol. The Hall–Kier alpha value is -3.67. The second-order valence-corrected chi connectivity index (χ2v) is 8.40. The van der Waals surface area contributed by atoms with Crippen molar-refractivity contribution in [3.8, 4) is 5.75 Å². The van der Waals surface area contributed by atoms with Gasteiger partial charge in [0.05, 0.1) is 11.5 Å². The fourth-order valence-corrected chi connectivity index (χ4v) is 3.95. The third kappa shape index (κ3) is 5.77. The van der Waals surface area contributed by atoms with E-state index in [1.165, 1.54) is 23.8 Å². The third-order valence-electron chi connectivity index (χ3n) is 5.81. The zero-order chi connectivity index (χ0) is 23.2. The van der Waals surface area contributed by atoms with Gasteiger partial charge in [0.1, 0.15) is 18.2 Å². The fourth-order valence-electron chi connectivity index (χ4n) is 3.95. The zero-order valence-corrected chi connectivity index (χ0v) is 18.5. The van der Waals surface area contributed by atoms with Crippen molar-refractivity contribution in [1.29, 1.82) is 0 Å². The van der Waals surface area contributed by atoms with Crippen molar-refractivity contribution in [2.24, 2.45) is 5.92 Å². The molecule has 2 amide bonds. The molecule has 5 nitrogen and oxygen atoms in total. The first-order valence-electron chi connectivity index (χ1n) is 11.2. The maximum Gasteiger partial charge on any atom is 0.258 e. The van der Waals surface area contributed by atoms with Gasteiger partial charge in [0.15, 0.2) is 0 Å². The maximum atomic E-state index is 13.9. The molecular weight excluding hydrogens is 419 g/mol. The molecule has 0 saturated carbocycles. The van der Waals surface area contributed by atoms with E-state index in [0.717, 1.165) is 18.4 Å². The first-order valence-corrected chi connectivity index (χ1v) is 11.2. The maximum absolute atomic E-state index is 13.9. The molecule has 2 atom stereocenters. The average molecular weight is 447 g/mol. The van der Waals surface area contributed by atoms with Gasteiger partial charge in [-0.3, -0.25) is 9.59 Å². The number of amides is 2. The molecule has 1 aliphatic rings. The average Bonchev–Trinajstić information content (AvgIpc) is 2.83. The summed E-state index contributed by atoms with van der Waals surface area (Å²) in [5.41, 5.74) is 2.60. The van der Waals surface area contributed by atoms with Gasteiger partial charge in [-0.2, -0.15) is 0 Å². The number of carbonyl (C=O) groups is 2. The Bertz CT molecular complexity index is 1130. The van der Waals surface area contributed by atoms with E-state index in [1.807, 2.05) is 25.1 Å². The standard InChI is InChI=1S/C27H27FN2O3/c1-18(11-12-19-7-3-2-4-8-19)29-26(31)21-15-20-16-22(13-14-25(20)33-17-21)30-27(32)23-9-5-6-10-24(23)28/h2-10,13-14,16,18,21H,11-12,15,17H2,1H3,(H,29,31)(H,30,32). The predicted molar refractivity (Wildman–Crippen MR) is 126 cm³/mol. The number of benzene rings is 3. The van der Waals surface area contributed by atoms with Gasteiger partial charge in [0.2, 0.25) is 5.91 Å². The minimum absolute atomic E-state index is 0.0202. The summed E-state index contributed by atoms with van der Waals surface area (Å²) in [6.45, 7) is 2.32. The second-order valence-electron chi connectivity index (χ2n) is 8.40. The van der Waals surface area contributed by atoms with Crippen LogP contribution in [0.3, 0.4) is 0 Å². The van der Waals surface area contributed by atoms with Gasteiger partial charge in [-0.05, 0) is 67.6 Å². The molecule has 0 saturated heterocycles. The van der Waals surface area contributed by atoms with Gasteiger partial charge < -0.3 is 15.4 Å². The number of anilines is 1. The van der Waals surface area contributed by atoms with Gasteiger partial charge in [-0.1, -0.05) is 42.5 Å². The van der Waals surface area contributed by atoms with Crippen molar-refractivity contribution in [2.45, 2.75) is 32.2 Å². The van der Waals surface area contributed by atoms with Crippen LogP contribution in [0, 0.1) is 11.7 Å². The van der Waals surface area contributed by atoms with Gasteiger partial charge in [-0.25, -0.2) is 4.39 Å². The number of halogens is 1. The summed E-state index contributed by atoms with van der Waals surface area (Å²) in [7, 11) is 0. The smallest absolute Gasteiger partial charge is 0.258 e. The Labute approximate surface area is 193 Å². The number of hydrogen-bond donors (Lipinski definition) is 2. The number of aryl methyl sites for hydroxylation is 1. The number of fused-ring (bicyclic) bond motifs is 1. The number of hydrogen-bond acceptors (Lipinski definition) is 3. The lowest BCUT2D eigenvalue weighted by molar-refractivity contribution is -0.126. The molecule has 0 aliphatic carbocycles. The molecule has 4 rings (SSSR count). The summed E-state index contributed by atoms with van der Waals surface area (Å²) in [5, 5.41) is 5.82. The van der Waals surface area contributed by atoms with Crippen molar-refractivity contribution in [3.05, 3.63) is 95.3 Å². The van der Waals surface area contributed by atoms with E-state index in [2.05, 4.69) is 22.8 Å². The van der Waals surface area contributed by atoms with E-state index in [1.54, 1.807) is 24.3 Å². The van der Waals surface area contributed by atoms with Crippen LogP contribution in [0.1, 0.15) is 34.8 Å². The summed E-state index contributed by atoms with van der Waals surface area (Å²) in [6.07, 6.45) is 2.26. The van der Waals surface area contributed by atoms with E-state index in [4.69, 9.17) is 4.74 Å². The van der Waals surface area contributed by atoms with E-state index in [9.17, 15) is 14.0 Å². The van der Waals surface area contributed by atoms with Gasteiger partial charge >= 0.3 is 0 Å². The Morgan fingerprint density at radius 3 is 2.61 bits per heavy atom. The van der Waals surface area contributed by atoms with Crippen LogP contribution in [0.5, 0.6) is 5.75 Å². The SMILES string of the molecule is CC(CCc1ccccc1)NC(=O)C1COc2ccc(NC(=O)c3ccccc3F)cc2C1. The van der Waals surface area contributed by atoms with Crippen LogP contribution in [0.15, 0.2) is 72.8 Å². The van der Waals surface area contributed by atoms with Crippen molar-refractivity contribution in [2.75, 3.05) is 11.9 Å². The highest BCUT2D eigenvalue weighted by molar-refractivity contribution is 6.04. The second kappa shape index (κ2) is 10.3. The summed E-state index contributed by atoms with van der Waals surface area (Å²) in [5.74, 6) is -0.753. The molecule has 2 unspecified atom stereocenters. The van der Waals surface area contributed by atoms with Gasteiger partial charge in [-0.15, -0.1) is 0 Å². The number of ether oxygens (including phenoxy) is 1. The predicted octanol–water partition coefficient (Wildman–Crippen LogP) is 4.77. The van der Waals surface area contributed by atoms with Crippen LogP contribution >= 0.6 is 0 Å². The van der Waals surface area contributed by atoms with Crippen LogP contribution in [-0.2, 0) is 17.6 Å². The lowest BCUT2D eigenvalue weighted by Gasteiger charge is -2.26. The molecule has 2 N–H and O–H groups in total. The molecule has 0 spiro atoms. The van der Waals surface area contributed by atoms with Crippen LogP contribution in [0.2, 0.25) is 0 Å². The van der Waals surface area contributed by atoms with Crippen molar-refractivity contribution in [1.82, 2.24) is 5.32 Å². The summed E-state index contributed by atoms with van der Waals surface area (Å²) < 4.78 is 19.7. The van der Waals surface area contributed by atoms with Crippen LogP contribution < -0.4 is 15.4 Å². The van der Waals surface area contributed by atoms with Gasteiger partial charge in [0.25, 0.3) is 5.91 Å². The zero-order valence-electron chi connectivity index (χ0n) is 18.5. The van der Waals surface area contributed by atoms with E-state index in [-0.39, 0.29) is 23.4 Å². The first kappa shape index (κ1) is 22.5. The molecule has 0 fully saturated rings. The molecule has 1 aliphatic heterocycles. The highest BCUT2D eigenvalue weighted by Crippen LogP contribution is 2.30. The summed E-state index contributed by atoms with van der Waals surface area (Å²) >= 11 is 0. The Morgan fingerprint density at radius 1 is 1.06 bits per heavy atom. The lowest BCUT2D eigenvalue weighted by atomic mass is 9.95. The van der Waals surface area contributed by atoms with Crippen molar-refractivity contribution < 1.29 is 18.7 Å². The molecule has 0 aromatic heterocycles. The Balaban J connectivity index is 1.34. The Morgan fingerprint density at radius 2 is 1.82 bits per heavy atom. The topological polar surface area (TPSA) is 67.4 Å². The minimum atomic E-state index is -0.575. The molecule has 6 heteroatoms. The molecule has 33 heavy (non-hydrogen) atoms. The summed E-state index contributed by atoms with van der Waals surface area (Å²) in [6, 6.07) is 21.3. The van der Waals surface area contributed by atoms with E-state index in [0.29, 0.717) is 24.5 Å². The fraction of sp³-hybridized carbons (Fsp3) is 0.259. The molecule has 1 heterocycles. The highest BCUT2D eigenvalue weighted by Gasteiger charge is 2.27. The van der Waals surface area contributed by atoms with Crippen LogP contribution in [0.4, 0.5) is 10.1 Å². The molecule has 3 aromatic carbocycles. The van der Waals surface area contributed by atoms with Crippen molar-refractivity contribution in [3.63, 3.8) is 0 Å². The summed E-state index contributed by atoms with van der Waals surface area (Å²) in [4.78, 5) is 25.2. The molecule has 3 aromatic rings. The number of carbonyl (C=O) groups excluding carboxylic acids is 2. The number of nitrogens with one attached hydrogen (secondary N) is 2. The quantitative estimate of drug-likeness (QED) is 0.550. The lowest BCUT2D eigenvalue weighted by Crippen LogP contribution is -2.41. The van der Waals surface area contributed by atoms with Crippen molar-refractivity contribution >= 4 is 17.5 Å². The minimum Gasteiger partial charge on any atom is -0.492 e. The largest absolute Gasteiger partial charge is 0.492 e. The van der Waals surface area contributed by atoms with E-state index < -0.39 is 11.7 Å². The highest BCUT2D eigenvalue weighted by atomic mass is 19.1. The Kier molecular flexibility index (Phi) is 7.03. The molecule has 0 radical (unpaired) electrons. The molecule has 170 valence electrons. The van der Waals surface area contributed by atoms with Crippen LogP contribution in [-0.4, -0.2) is 24.5 Å². The van der Waals surface area contributed by atoms with Crippen LogP contribution in [0.25, 0.3) is 0 Å². The first-order chi connectivity index (χ1) is 16.0. The molecular formula is C27H27FN2O3. The third-order valence-corrected chi connectivity index (χ3v) is 5.81.